The maximum absolute atomic E-state index is 13.0. The smallest absolute Gasteiger partial charge is 0.274 e. The number of carbonyl (C=O) groups excluding carboxylic acids is 1. The number of thiophene rings is 1. The van der Waals surface area contributed by atoms with E-state index in [4.69, 9.17) is 0 Å². The van der Waals surface area contributed by atoms with Crippen molar-refractivity contribution >= 4 is 33.4 Å². The Balaban J connectivity index is 1.69. The van der Waals surface area contributed by atoms with Crippen molar-refractivity contribution in [1.29, 1.82) is 0 Å². The van der Waals surface area contributed by atoms with Gasteiger partial charge in [-0.05, 0) is 38.0 Å². The second-order valence-electron chi connectivity index (χ2n) is 6.81. The molecule has 4 rings (SSSR count). The van der Waals surface area contributed by atoms with Gasteiger partial charge >= 0.3 is 0 Å². The van der Waals surface area contributed by atoms with Crippen LogP contribution in [0.25, 0.3) is 10.2 Å². The van der Waals surface area contributed by atoms with Gasteiger partial charge in [0.15, 0.2) is 5.69 Å². The van der Waals surface area contributed by atoms with Crippen molar-refractivity contribution in [2.24, 2.45) is 0 Å². The summed E-state index contributed by atoms with van der Waals surface area (Å²) in [6.45, 7) is 4.89. The lowest BCUT2D eigenvalue weighted by molar-refractivity contribution is 0.0761. The molecule has 0 unspecified atom stereocenters. The zero-order valence-electron chi connectivity index (χ0n) is 15.2. The van der Waals surface area contributed by atoms with Crippen LogP contribution in [0.15, 0.2) is 30.6 Å². The van der Waals surface area contributed by atoms with Crippen LogP contribution < -0.4 is 5.32 Å². The fraction of sp³-hybridized carbons (Fsp3) is 0.368. The van der Waals surface area contributed by atoms with Crippen molar-refractivity contribution in [3.8, 4) is 0 Å². The number of rotatable bonds is 4. The number of carbonyl (C=O) groups is 1. The number of aliphatic hydroxyl groups is 1. The van der Waals surface area contributed by atoms with Crippen molar-refractivity contribution in [3.63, 3.8) is 0 Å². The third-order valence-electron chi connectivity index (χ3n) is 4.68. The highest BCUT2D eigenvalue weighted by molar-refractivity contribution is 7.19. The Labute approximate surface area is 161 Å². The second-order valence-corrected chi connectivity index (χ2v) is 8.07. The SMILES string of the molecule is Cc1cc2nc(N[C@@H](C)c3cccnc3)nc(C(=O)N3CC[C@H](O)C3)c2s1. The minimum absolute atomic E-state index is 0.0487. The van der Waals surface area contributed by atoms with E-state index < -0.39 is 6.10 Å². The lowest BCUT2D eigenvalue weighted by Crippen LogP contribution is -2.30. The third-order valence-corrected chi connectivity index (χ3v) is 5.72. The minimum atomic E-state index is -0.459. The van der Waals surface area contributed by atoms with Gasteiger partial charge in [-0.1, -0.05) is 6.07 Å². The summed E-state index contributed by atoms with van der Waals surface area (Å²) in [5.74, 6) is 0.262. The number of β-amino-alcohol motifs (C(OH)–C–C–N with tert-alkyl or cyclic N) is 1. The molecule has 1 amide bonds. The molecule has 0 radical (unpaired) electrons. The maximum Gasteiger partial charge on any atom is 0.274 e. The summed E-state index contributed by atoms with van der Waals surface area (Å²) in [4.78, 5) is 29.0. The van der Waals surface area contributed by atoms with Crippen LogP contribution in [0.5, 0.6) is 0 Å². The molecule has 0 spiro atoms. The Morgan fingerprint density at radius 3 is 3.00 bits per heavy atom. The topological polar surface area (TPSA) is 91.2 Å². The summed E-state index contributed by atoms with van der Waals surface area (Å²) in [6.07, 6.45) is 3.67. The molecule has 2 atom stereocenters. The molecular weight excluding hydrogens is 362 g/mol. The Hall–Kier alpha value is -2.58. The van der Waals surface area contributed by atoms with Crippen molar-refractivity contribution in [1.82, 2.24) is 19.9 Å². The average Bonchev–Trinajstić information content (AvgIpc) is 3.26. The fourth-order valence-corrected chi connectivity index (χ4v) is 4.18. The first-order valence-corrected chi connectivity index (χ1v) is 9.75. The molecule has 8 heteroatoms. The Morgan fingerprint density at radius 2 is 2.30 bits per heavy atom. The van der Waals surface area contributed by atoms with Crippen LogP contribution in [0.2, 0.25) is 0 Å². The number of likely N-dealkylation sites (tertiary alicyclic amines) is 1. The van der Waals surface area contributed by atoms with E-state index in [0.29, 0.717) is 31.2 Å². The highest BCUT2D eigenvalue weighted by Crippen LogP contribution is 2.29. The van der Waals surface area contributed by atoms with E-state index in [1.54, 1.807) is 17.3 Å². The standard InChI is InChI=1S/C19H21N5O2S/c1-11-8-15-17(27-11)16(18(26)24-7-5-14(25)10-24)23-19(22-15)21-12(2)13-4-3-6-20-9-13/h3-4,6,8-9,12,14,25H,5,7,10H2,1-2H3,(H,21,22,23)/t12-,14-/m0/s1. The molecular formula is C19H21N5O2S. The van der Waals surface area contributed by atoms with Crippen LogP contribution in [0.3, 0.4) is 0 Å². The first kappa shape index (κ1) is 17.8. The summed E-state index contributed by atoms with van der Waals surface area (Å²) < 4.78 is 0.790. The van der Waals surface area contributed by atoms with Gasteiger partial charge in [-0.2, -0.15) is 0 Å². The molecule has 2 N–H and O–H groups in total. The molecule has 1 saturated heterocycles. The van der Waals surface area contributed by atoms with E-state index in [1.807, 2.05) is 32.0 Å². The number of nitrogens with zero attached hydrogens (tertiary/aromatic N) is 4. The average molecular weight is 383 g/mol. The van der Waals surface area contributed by atoms with Gasteiger partial charge in [-0.3, -0.25) is 9.78 Å². The van der Waals surface area contributed by atoms with Crippen LogP contribution >= 0.6 is 11.3 Å². The summed E-state index contributed by atoms with van der Waals surface area (Å²) in [5.41, 5.74) is 2.17. The van der Waals surface area contributed by atoms with E-state index in [-0.39, 0.29) is 11.9 Å². The van der Waals surface area contributed by atoms with Crippen molar-refractivity contribution in [2.75, 3.05) is 18.4 Å². The Kier molecular flexibility index (Phi) is 4.75. The lowest BCUT2D eigenvalue weighted by atomic mass is 10.1. The first-order chi connectivity index (χ1) is 13.0. The zero-order chi connectivity index (χ0) is 19.0. The number of aliphatic hydroxyl groups excluding tert-OH is 1. The number of amides is 1. The monoisotopic (exact) mass is 383 g/mol. The largest absolute Gasteiger partial charge is 0.391 e. The van der Waals surface area contributed by atoms with Crippen molar-refractivity contribution in [3.05, 3.63) is 46.7 Å². The van der Waals surface area contributed by atoms with Crippen LogP contribution in [-0.4, -0.2) is 50.1 Å². The molecule has 140 valence electrons. The predicted molar refractivity (Wildman–Crippen MR) is 105 cm³/mol. The molecule has 0 saturated carbocycles. The van der Waals surface area contributed by atoms with Gasteiger partial charge in [-0.15, -0.1) is 11.3 Å². The van der Waals surface area contributed by atoms with E-state index in [0.717, 1.165) is 20.7 Å². The van der Waals surface area contributed by atoms with Crippen LogP contribution in [0.1, 0.15) is 40.3 Å². The fourth-order valence-electron chi connectivity index (χ4n) is 3.24. The van der Waals surface area contributed by atoms with Gasteiger partial charge in [0.1, 0.15) is 0 Å². The number of nitrogens with one attached hydrogen (secondary N) is 1. The molecule has 1 aliphatic heterocycles. The van der Waals surface area contributed by atoms with Gasteiger partial charge < -0.3 is 15.3 Å². The maximum atomic E-state index is 13.0. The number of hydrogen-bond donors (Lipinski definition) is 2. The number of hydrogen-bond acceptors (Lipinski definition) is 7. The van der Waals surface area contributed by atoms with Crippen molar-refractivity contribution < 1.29 is 9.90 Å². The number of aromatic nitrogens is 3. The number of fused-ring (bicyclic) bond motifs is 1. The summed E-state index contributed by atoms with van der Waals surface area (Å²) >= 11 is 1.52. The molecule has 27 heavy (non-hydrogen) atoms. The molecule has 3 aromatic heterocycles. The summed E-state index contributed by atoms with van der Waals surface area (Å²) in [7, 11) is 0. The van der Waals surface area contributed by atoms with Crippen LogP contribution in [-0.2, 0) is 0 Å². The summed E-state index contributed by atoms with van der Waals surface area (Å²) in [5, 5.41) is 13.0. The minimum Gasteiger partial charge on any atom is -0.391 e. The van der Waals surface area contributed by atoms with Gasteiger partial charge in [0.05, 0.1) is 22.4 Å². The second kappa shape index (κ2) is 7.21. The van der Waals surface area contributed by atoms with Gasteiger partial charge in [-0.25, -0.2) is 9.97 Å². The highest BCUT2D eigenvalue weighted by atomic mass is 32.1. The number of pyridine rings is 1. The van der Waals surface area contributed by atoms with Gasteiger partial charge in [0.2, 0.25) is 5.95 Å². The number of aryl methyl sites for hydroxylation is 1. The third kappa shape index (κ3) is 3.63. The molecule has 1 fully saturated rings. The van der Waals surface area contributed by atoms with Crippen molar-refractivity contribution in [2.45, 2.75) is 32.4 Å². The van der Waals surface area contributed by atoms with E-state index in [1.165, 1.54) is 11.3 Å². The molecule has 4 heterocycles. The molecule has 0 bridgehead atoms. The highest BCUT2D eigenvalue weighted by Gasteiger charge is 2.28. The van der Waals surface area contributed by atoms with E-state index in [2.05, 4.69) is 20.3 Å². The number of anilines is 1. The van der Waals surface area contributed by atoms with E-state index >= 15 is 0 Å². The zero-order valence-corrected chi connectivity index (χ0v) is 16.0. The Bertz CT molecular complexity index is 975. The molecule has 0 aromatic carbocycles. The van der Waals surface area contributed by atoms with Gasteiger partial charge in [0, 0.05) is 30.4 Å². The molecule has 0 aliphatic carbocycles. The van der Waals surface area contributed by atoms with Gasteiger partial charge in [0.25, 0.3) is 5.91 Å². The summed E-state index contributed by atoms with van der Waals surface area (Å²) in [6, 6.07) is 5.78. The quantitative estimate of drug-likeness (QED) is 0.720. The molecule has 7 nitrogen and oxygen atoms in total. The first-order valence-electron chi connectivity index (χ1n) is 8.93. The normalized spacial score (nSPS) is 18.0. The molecule has 3 aromatic rings. The van der Waals surface area contributed by atoms with Crippen LogP contribution in [0.4, 0.5) is 5.95 Å². The lowest BCUT2D eigenvalue weighted by Gasteiger charge is -2.17. The Morgan fingerprint density at radius 1 is 1.44 bits per heavy atom. The molecule has 1 aliphatic rings. The van der Waals surface area contributed by atoms with E-state index in [9.17, 15) is 9.90 Å². The predicted octanol–water partition coefficient (Wildman–Crippen LogP) is 2.77. The van der Waals surface area contributed by atoms with Crippen LogP contribution in [0, 0.1) is 6.92 Å².